The summed E-state index contributed by atoms with van der Waals surface area (Å²) in [7, 11) is 2.98. The molecule has 0 saturated heterocycles. The third-order valence-electron chi connectivity index (χ3n) is 5.79. The number of nitrogens with zero attached hydrogens (tertiary/aromatic N) is 6. The highest BCUT2D eigenvalue weighted by atomic mass is 19.1. The molecule has 0 aromatic carbocycles. The van der Waals surface area contributed by atoms with Crippen molar-refractivity contribution < 1.29 is 13.9 Å². The standard InChI is InChI=1S/C21H19FN6O2/c1-21(12-4-6-23-7-5-12)9-15(21)13-8-16(27-28-17(22)11-24-18(13)28)14-10-25-20(30-3)26-19(14)29-2/h4-8,10-11,15H,9H2,1-3H3/t15-,21-/m1/s1. The smallest absolute Gasteiger partial charge is 0.319 e. The molecule has 0 spiro atoms. The summed E-state index contributed by atoms with van der Waals surface area (Å²) >= 11 is 0. The average Bonchev–Trinajstić information content (AvgIpc) is 3.36. The van der Waals surface area contributed by atoms with Crippen LogP contribution in [0.4, 0.5) is 4.39 Å². The van der Waals surface area contributed by atoms with Gasteiger partial charge in [0.2, 0.25) is 11.8 Å². The highest BCUT2D eigenvalue weighted by Gasteiger charge is 2.53. The zero-order valence-electron chi connectivity index (χ0n) is 16.7. The Morgan fingerprint density at radius 3 is 2.67 bits per heavy atom. The van der Waals surface area contributed by atoms with E-state index in [2.05, 4.69) is 32.0 Å². The van der Waals surface area contributed by atoms with Crippen molar-refractivity contribution in [3.05, 3.63) is 60.1 Å². The topological polar surface area (TPSA) is 87.3 Å². The van der Waals surface area contributed by atoms with Crippen molar-refractivity contribution in [1.82, 2.24) is 29.5 Å². The fraction of sp³-hybridized carbons (Fsp3) is 0.286. The molecule has 5 rings (SSSR count). The van der Waals surface area contributed by atoms with Gasteiger partial charge in [-0.05, 0) is 36.1 Å². The van der Waals surface area contributed by atoms with E-state index >= 15 is 0 Å². The number of aromatic nitrogens is 6. The van der Waals surface area contributed by atoms with Crippen LogP contribution in [-0.2, 0) is 5.41 Å². The first-order chi connectivity index (χ1) is 14.5. The Bertz CT molecular complexity index is 1250. The van der Waals surface area contributed by atoms with Gasteiger partial charge < -0.3 is 9.47 Å². The Hall–Kier alpha value is -3.62. The highest BCUT2D eigenvalue weighted by molar-refractivity contribution is 5.68. The van der Waals surface area contributed by atoms with Crippen molar-refractivity contribution in [1.29, 1.82) is 0 Å². The lowest BCUT2D eigenvalue weighted by Gasteiger charge is -2.14. The fourth-order valence-electron chi connectivity index (χ4n) is 4.00. The van der Waals surface area contributed by atoms with E-state index < -0.39 is 5.95 Å². The first kappa shape index (κ1) is 18.4. The Morgan fingerprint density at radius 2 is 1.93 bits per heavy atom. The van der Waals surface area contributed by atoms with Gasteiger partial charge >= 0.3 is 6.01 Å². The molecule has 0 amide bonds. The minimum absolute atomic E-state index is 0.0784. The quantitative estimate of drug-likeness (QED) is 0.503. The Labute approximate surface area is 171 Å². The molecule has 0 bridgehead atoms. The molecule has 1 saturated carbocycles. The SMILES string of the molecule is COc1ncc(-c2cc([C@H]3C[C@]3(C)c3ccncc3)c3ncc(F)n3n2)c(OC)n1. The van der Waals surface area contributed by atoms with Gasteiger partial charge in [0.15, 0.2) is 5.65 Å². The van der Waals surface area contributed by atoms with Gasteiger partial charge in [0, 0.05) is 29.6 Å². The van der Waals surface area contributed by atoms with Crippen LogP contribution in [0.25, 0.3) is 16.9 Å². The van der Waals surface area contributed by atoms with Gasteiger partial charge in [-0.2, -0.15) is 19.0 Å². The molecule has 4 heterocycles. The molecule has 1 fully saturated rings. The van der Waals surface area contributed by atoms with Crippen LogP contribution in [0.3, 0.4) is 0 Å². The van der Waals surface area contributed by atoms with Gasteiger partial charge in [0.05, 0.1) is 31.7 Å². The first-order valence-electron chi connectivity index (χ1n) is 9.45. The lowest BCUT2D eigenvalue weighted by molar-refractivity contribution is 0.353. The summed E-state index contributed by atoms with van der Waals surface area (Å²) in [6.45, 7) is 2.19. The van der Waals surface area contributed by atoms with Gasteiger partial charge in [-0.15, -0.1) is 0 Å². The number of fused-ring (bicyclic) bond motifs is 1. The van der Waals surface area contributed by atoms with Crippen molar-refractivity contribution in [3.63, 3.8) is 0 Å². The van der Waals surface area contributed by atoms with Crippen LogP contribution in [0.1, 0.15) is 30.4 Å². The highest BCUT2D eigenvalue weighted by Crippen LogP contribution is 2.60. The summed E-state index contributed by atoms with van der Waals surface area (Å²) in [5.74, 6) is -0.0725. The van der Waals surface area contributed by atoms with Gasteiger partial charge in [-0.1, -0.05) is 6.92 Å². The van der Waals surface area contributed by atoms with Gasteiger partial charge in [0.1, 0.15) is 0 Å². The van der Waals surface area contributed by atoms with E-state index in [4.69, 9.17) is 9.47 Å². The second-order valence-corrected chi connectivity index (χ2v) is 7.49. The summed E-state index contributed by atoms with van der Waals surface area (Å²) < 4.78 is 26.2. The molecule has 4 aromatic rings. The number of methoxy groups -OCH3 is 2. The predicted octanol–water partition coefficient (Wildman–Crippen LogP) is 3.18. The second kappa shape index (κ2) is 6.72. The number of ether oxygens (including phenoxy) is 2. The van der Waals surface area contributed by atoms with Gasteiger partial charge in [0.25, 0.3) is 0 Å². The molecule has 1 aliphatic rings. The molecule has 152 valence electrons. The third-order valence-corrected chi connectivity index (χ3v) is 5.79. The van der Waals surface area contributed by atoms with E-state index in [0.29, 0.717) is 22.8 Å². The summed E-state index contributed by atoms with van der Waals surface area (Å²) in [6.07, 6.45) is 7.24. The van der Waals surface area contributed by atoms with Crippen molar-refractivity contribution in [2.24, 2.45) is 0 Å². The molecular formula is C21H19FN6O2. The molecule has 4 aromatic heterocycles. The lowest BCUT2D eigenvalue weighted by Crippen LogP contribution is -2.07. The predicted molar refractivity (Wildman–Crippen MR) is 106 cm³/mol. The number of pyridine rings is 1. The van der Waals surface area contributed by atoms with Gasteiger partial charge in [-0.3, -0.25) is 4.98 Å². The third kappa shape index (κ3) is 2.77. The zero-order chi connectivity index (χ0) is 20.9. The minimum Gasteiger partial charge on any atom is -0.480 e. The second-order valence-electron chi connectivity index (χ2n) is 7.49. The molecule has 0 radical (unpaired) electrons. The van der Waals surface area contributed by atoms with E-state index in [1.165, 1.54) is 30.5 Å². The summed E-state index contributed by atoms with van der Waals surface area (Å²) in [5.41, 5.74) is 3.58. The summed E-state index contributed by atoms with van der Waals surface area (Å²) in [4.78, 5) is 16.8. The van der Waals surface area contributed by atoms with Gasteiger partial charge in [-0.25, -0.2) is 9.97 Å². The maximum absolute atomic E-state index is 14.5. The number of rotatable bonds is 5. The van der Waals surface area contributed by atoms with Crippen molar-refractivity contribution in [2.45, 2.75) is 24.7 Å². The molecule has 8 nitrogen and oxygen atoms in total. The molecule has 9 heteroatoms. The maximum Gasteiger partial charge on any atom is 0.319 e. The number of hydrogen-bond donors (Lipinski definition) is 0. The molecule has 0 aliphatic heterocycles. The van der Waals surface area contributed by atoms with Crippen molar-refractivity contribution in [2.75, 3.05) is 14.2 Å². The Balaban J connectivity index is 1.66. The Morgan fingerprint density at radius 1 is 1.13 bits per heavy atom. The average molecular weight is 406 g/mol. The molecule has 0 N–H and O–H groups in total. The van der Waals surface area contributed by atoms with Crippen LogP contribution in [0.2, 0.25) is 0 Å². The maximum atomic E-state index is 14.5. The number of imidazole rings is 1. The Kier molecular flexibility index (Phi) is 4.12. The first-order valence-corrected chi connectivity index (χ1v) is 9.45. The normalized spacial score (nSPS) is 20.3. The van der Waals surface area contributed by atoms with Crippen LogP contribution in [0.5, 0.6) is 11.9 Å². The minimum atomic E-state index is -0.534. The van der Waals surface area contributed by atoms with Crippen molar-refractivity contribution >= 4 is 5.65 Å². The zero-order valence-corrected chi connectivity index (χ0v) is 16.7. The monoisotopic (exact) mass is 406 g/mol. The number of hydrogen-bond acceptors (Lipinski definition) is 7. The largest absolute Gasteiger partial charge is 0.480 e. The van der Waals surface area contributed by atoms with E-state index in [0.717, 1.165) is 12.0 Å². The summed E-state index contributed by atoms with van der Waals surface area (Å²) in [6, 6.07) is 6.14. The molecular weight excluding hydrogens is 387 g/mol. The van der Waals surface area contributed by atoms with Crippen molar-refractivity contribution in [3.8, 4) is 23.1 Å². The molecule has 1 aliphatic carbocycles. The van der Waals surface area contributed by atoms with Crippen LogP contribution < -0.4 is 9.47 Å². The molecule has 2 atom stereocenters. The van der Waals surface area contributed by atoms with Crippen LogP contribution >= 0.6 is 0 Å². The van der Waals surface area contributed by atoms with Crippen LogP contribution in [0.15, 0.2) is 43.0 Å². The van der Waals surface area contributed by atoms with Crippen LogP contribution in [0, 0.1) is 5.95 Å². The summed E-state index contributed by atoms with van der Waals surface area (Å²) in [5, 5.41) is 4.43. The number of halogens is 1. The fourth-order valence-corrected chi connectivity index (χ4v) is 4.00. The van der Waals surface area contributed by atoms with E-state index in [9.17, 15) is 4.39 Å². The molecule has 0 unspecified atom stereocenters. The van der Waals surface area contributed by atoms with E-state index in [-0.39, 0.29) is 17.3 Å². The van der Waals surface area contributed by atoms with Crippen LogP contribution in [-0.4, -0.2) is 43.8 Å². The van der Waals surface area contributed by atoms with E-state index in [1.54, 1.807) is 18.6 Å². The molecule has 30 heavy (non-hydrogen) atoms. The lowest BCUT2D eigenvalue weighted by atomic mass is 9.93. The van der Waals surface area contributed by atoms with E-state index in [1.807, 2.05) is 18.2 Å².